The molecule has 0 aliphatic carbocycles. The monoisotopic (exact) mass is 190 g/mol. The van der Waals surface area contributed by atoms with Crippen molar-refractivity contribution >= 4 is 13.3 Å². The van der Waals surface area contributed by atoms with Crippen molar-refractivity contribution in [3.8, 4) is 0 Å². The molecule has 1 rings (SSSR count). The third kappa shape index (κ3) is 1.86. The summed E-state index contributed by atoms with van der Waals surface area (Å²) < 4.78 is 5.68. The van der Waals surface area contributed by atoms with Crippen molar-refractivity contribution in [2.75, 3.05) is 19.4 Å². The standard InChI is InChI=1S/C9H19O2P/c1-8(2)12(11-3)6-4-9(10)5-7-12/h8,12H,4-7H2,1-3H3. The van der Waals surface area contributed by atoms with Gasteiger partial charge < -0.3 is 0 Å². The molecule has 0 unspecified atom stereocenters. The second kappa shape index (κ2) is 3.85. The van der Waals surface area contributed by atoms with Crippen LogP contribution in [0.1, 0.15) is 26.7 Å². The number of ketones is 1. The van der Waals surface area contributed by atoms with Crippen LogP contribution in [-0.2, 0) is 9.32 Å². The van der Waals surface area contributed by atoms with Crippen molar-refractivity contribution in [3.05, 3.63) is 0 Å². The van der Waals surface area contributed by atoms with Crippen molar-refractivity contribution in [2.24, 2.45) is 0 Å². The third-order valence-corrected chi connectivity index (χ3v) is 8.22. The van der Waals surface area contributed by atoms with Gasteiger partial charge in [-0.2, -0.15) is 0 Å². The quantitative estimate of drug-likeness (QED) is 0.623. The van der Waals surface area contributed by atoms with E-state index in [2.05, 4.69) is 13.8 Å². The first-order valence-corrected chi connectivity index (χ1v) is 7.07. The molecule has 1 aliphatic heterocycles. The average molecular weight is 190 g/mol. The molecule has 1 aliphatic rings. The van der Waals surface area contributed by atoms with E-state index in [4.69, 9.17) is 4.52 Å². The van der Waals surface area contributed by atoms with Crippen LogP contribution in [-0.4, -0.2) is 30.9 Å². The number of Topliss-reactive ketones (excluding diaryl/α,β-unsaturated/α-hetero) is 1. The fourth-order valence-electron chi connectivity index (χ4n) is 1.97. The van der Waals surface area contributed by atoms with Crippen LogP contribution in [0.3, 0.4) is 0 Å². The Bertz CT molecular complexity index is 167. The molecule has 0 amide bonds. The van der Waals surface area contributed by atoms with Gasteiger partial charge in [-0.1, -0.05) is 0 Å². The van der Waals surface area contributed by atoms with Crippen LogP contribution in [0.25, 0.3) is 0 Å². The first-order chi connectivity index (χ1) is 5.60. The molecule has 12 heavy (non-hydrogen) atoms. The molecule has 1 fully saturated rings. The second-order valence-corrected chi connectivity index (χ2v) is 8.65. The number of hydrogen-bond donors (Lipinski definition) is 0. The Morgan fingerprint density at radius 2 is 1.83 bits per heavy atom. The second-order valence-electron chi connectivity index (χ2n) is 3.96. The maximum atomic E-state index is 11.1. The molecule has 0 radical (unpaired) electrons. The molecule has 0 atom stereocenters. The van der Waals surface area contributed by atoms with Gasteiger partial charge in [0.15, 0.2) is 0 Å². The summed E-state index contributed by atoms with van der Waals surface area (Å²) in [6.07, 6.45) is 3.61. The molecular formula is C9H19O2P. The van der Waals surface area contributed by atoms with Crippen LogP contribution < -0.4 is 0 Å². The Kier molecular flexibility index (Phi) is 3.25. The zero-order valence-electron chi connectivity index (χ0n) is 8.22. The summed E-state index contributed by atoms with van der Waals surface area (Å²) in [5.74, 6) is 0.427. The molecule has 1 heterocycles. The molecule has 72 valence electrons. The number of carbonyl (C=O) groups excluding carboxylic acids is 1. The van der Waals surface area contributed by atoms with Crippen LogP contribution >= 0.6 is 7.49 Å². The molecule has 0 saturated carbocycles. The fourth-order valence-corrected chi connectivity index (χ4v) is 5.66. The van der Waals surface area contributed by atoms with E-state index in [1.165, 1.54) is 0 Å². The first-order valence-electron chi connectivity index (χ1n) is 4.67. The van der Waals surface area contributed by atoms with E-state index in [1.54, 1.807) is 0 Å². The van der Waals surface area contributed by atoms with Gasteiger partial charge in [0.05, 0.1) is 0 Å². The van der Waals surface area contributed by atoms with E-state index in [1.807, 2.05) is 7.11 Å². The van der Waals surface area contributed by atoms with Crippen molar-refractivity contribution in [2.45, 2.75) is 32.3 Å². The summed E-state index contributed by atoms with van der Waals surface area (Å²) >= 11 is 0. The van der Waals surface area contributed by atoms with Gasteiger partial charge >= 0.3 is 74.4 Å². The van der Waals surface area contributed by atoms with E-state index >= 15 is 0 Å². The van der Waals surface area contributed by atoms with Gasteiger partial charge in [-0.25, -0.2) is 0 Å². The van der Waals surface area contributed by atoms with Gasteiger partial charge in [-0.15, -0.1) is 0 Å². The third-order valence-electron chi connectivity index (χ3n) is 3.11. The first kappa shape index (κ1) is 10.1. The molecule has 0 spiro atoms. The topological polar surface area (TPSA) is 26.3 Å². The van der Waals surface area contributed by atoms with E-state index in [0.717, 1.165) is 25.2 Å². The van der Waals surface area contributed by atoms with Gasteiger partial charge in [-0.3, -0.25) is 0 Å². The molecule has 0 N–H and O–H groups in total. The predicted octanol–water partition coefficient (Wildman–Crippen LogP) is 2.07. The molecule has 0 aromatic carbocycles. The number of carbonyl (C=O) groups is 1. The minimum atomic E-state index is -1.50. The molecule has 1 saturated heterocycles. The van der Waals surface area contributed by atoms with E-state index in [-0.39, 0.29) is 0 Å². The normalized spacial score (nSPS) is 25.8. The Balaban J connectivity index is 2.63. The molecule has 3 heteroatoms. The van der Waals surface area contributed by atoms with Gasteiger partial charge in [-0.05, 0) is 0 Å². The van der Waals surface area contributed by atoms with Gasteiger partial charge in [0.2, 0.25) is 0 Å². The average Bonchev–Trinajstić information content (AvgIpc) is 2.06. The van der Waals surface area contributed by atoms with E-state index < -0.39 is 7.49 Å². The fraction of sp³-hybridized carbons (Fsp3) is 0.889. The number of hydrogen-bond acceptors (Lipinski definition) is 2. The van der Waals surface area contributed by atoms with Gasteiger partial charge in [0, 0.05) is 0 Å². The van der Waals surface area contributed by atoms with Crippen molar-refractivity contribution in [1.29, 1.82) is 0 Å². The zero-order valence-corrected chi connectivity index (χ0v) is 9.22. The van der Waals surface area contributed by atoms with E-state index in [9.17, 15) is 4.79 Å². The summed E-state index contributed by atoms with van der Waals surface area (Å²) in [4.78, 5) is 11.1. The molecule has 0 bridgehead atoms. The van der Waals surface area contributed by atoms with Crippen LogP contribution in [0.4, 0.5) is 0 Å². The predicted molar refractivity (Wildman–Crippen MR) is 54.4 cm³/mol. The van der Waals surface area contributed by atoms with E-state index in [0.29, 0.717) is 11.4 Å². The Morgan fingerprint density at radius 3 is 2.17 bits per heavy atom. The minimum absolute atomic E-state index is 0.427. The van der Waals surface area contributed by atoms with Crippen molar-refractivity contribution in [1.82, 2.24) is 0 Å². The summed E-state index contributed by atoms with van der Waals surface area (Å²) in [6, 6.07) is 0. The van der Waals surface area contributed by atoms with Gasteiger partial charge in [0.25, 0.3) is 0 Å². The van der Waals surface area contributed by atoms with Crippen LogP contribution in [0.5, 0.6) is 0 Å². The summed E-state index contributed by atoms with van der Waals surface area (Å²) in [5.41, 5.74) is 0.649. The molecule has 0 aromatic heterocycles. The van der Waals surface area contributed by atoms with Crippen molar-refractivity contribution < 1.29 is 9.32 Å². The van der Waals surface area contributed by atoms with Crippen molar-refractivity contribution in [3.63, 3.8) is 0 Å². The molecular weight excluding hydrogens is 171 g/mol. The van der Waals surface area contributed by atoms with Crippen LogP contribution in [0.2, 0.25) is 0 Å². The van der Waals surface area contributed by atoms with Crippen LogP contribution in [0, 0.1) is 0 Å². The van der Waals surface area contributed by atoms with Crippen LogP contribution in [0.15, 0.2) is 0 Å². The maximum absolute atomic E-state index is 11.1. The SMILES string of the molecule is CO[PH]1(C(C)C)CCC(=O)CC1. The Morgan fingerprint density at radius 1 is 1.33 bits per heavy atom. The Hall–Kier alpha value is 0.0600. The molecule has 2 nitrogen and oxygen atoms in total. The number of rotatable bonds is 2. The summed E-state index contributed by atoms with van der Waals surface area (Å²) in [6.45, 7) is 4.46. The Labute approximate surface area is 75.1 Å². The zero-order chi connectivity index (χ0) is 9.19. The summed E-state index contributed by atoms with van der Waals surface area (Å²) in [5, 5.41) is 0. The molecule has 0 aromatic rings. The van der Waals surface area contributed by atoms with Gasteiger partial charge in [0.1, 0.15) is 0 Å². The summed E-state index contributed by atoms with van der Waals surface area (Å²) in [7, 11) is 0.325.